The number of hydrogen-bond donors (Lipinski definition) is 1. The van der Waals surface area contributed by atoms with Crippen LogP contribution in [-0.2, 0) is 10.3 Å². The molecule has 0 aliphatic rings. The van der Waals surface area contributed by atoms with Crippen LogP contribution in [0.3, 0.4) is 0 Å². The van der Waals surface area contributed by atoms with Crippen LogP contribution in [0.25, 0.3) is 11.1 Å². The van der Waals surface area contributed by atoms with E-state index >= 15 is 0 Å². The van der Waals surface area contributed by atoms with Crippen molar-refractivity contribution in [3.05, 3.63) is 54.1 Å². The van der Waals surface area contributed by atoms with Crippen molar-refractivity contribution in [2.75, 3.05) is 4.72 Å². The molecule has 0 bridgehead atoms. The van der Waals surface area contributed by atoms with Crippen LogP contribution in [0.4, 0.5) is 5.69 Å². The number of nitrogens with zero attached hydrogens (tertiary/aromatic N) is 1. The van der Waals surface area contributed by atoms with E-state index in [1.807, 2.05) is 10.8 Å². The van der Waals surface area contributed by atoms with Gasteiger partial charge in [0.2, 0.25) is 0 Å². The van der Waals surface area contributed by atoms with Crippen molar-refractivity contribution in [1.29, 1.82) is 5.26 Å². The maximum Gasteiger partial charge on any atom is 0.181 e. The highest BCUT2D eigenvalue weighted by Crippen LogP contribution is 2.22. The molecule has 2 rings (SSSR count). The van der Waals surface area contributed by atoms with Gasteiger partial charge in [-0.3, -0.25) is 4.72 Å². The highest BCUT2D eigenvalue weighted by atomic mass is 32.2. The lowest BCUT2D eigenvalue weighted by Crippen LogP contribution is -2.10. The number of anilines is 1. The Morgan fingerprint density at radius 3 is 1.84 bits per heavy atom. The molecule has 0 unspecified atom stereocenters. The summed E-state index contributed by atoms with van der Waals surface area (Å²) in [4.78, 5) is 0. The summed E-state index contributed by atoms with van der Waals surface area (Å²) in [5, 5.41) is 8.70. The SMILES string of the molecule is N#Cc1ccc(-c2ccc(NS(=O)(=O)[O-])cc2)cc1. The highest BCUT2D eigenvalue weighted by Gasteiger charge is 2.00. The molecule has 0 radical (unpaired) electrons. The summed E-state index contributed by atoms with van der Waals surface area (Å²) in [5.41, 5.74) is 2.54. The Kier molecular flexibility index (Phi) is 3.51. The smallest absolute Gasteiger partial charge is 0.181 e. The van der Waals surface area contributed by atoms with Gasteiger partial charge in [0.05, 0.1) is 11.6 Å². The molecule has 0 aromatic heterocycles. The van der Waals surface area contributed by atoms with Gasteiger partial charge in [0.15, 0.2) is 10.3 Å². The van der Waals surface area contributed by atoms with Gasteiger partial charge in [-0.05, 0) is 35.4 Å². The molecule has 96 valence electrons. The first-order valence-corrected chi connectivity index (χ1v) is 6.73. The molecule has 2 aromatic carbocycles. The number of hydrogen-bond acceptors (Lipinski definition) is 4. The molecule has 5 nitrogen and oxygen atoms in total. The summed E-state index contributed by atoms with van der Waals surface area (Å²) in [7, 11) is -4.50. The first kappa shape index (κ1) is 13.1. The summed E-state index contributed by atoms with van der Waals surface area (Å²) in [6.45, 7) is 0. The summed E-state index contributed by atoms with van der Waals surface area (Å²) < 4.78 is 33.4. The van der Waals surface area contributed by atoms with E-state index in [4.69, 9.17) is 5.26 Å². The lowest BCUT2D eigenvalue weighted by atomic mass is 10.0. The van der Waals surface area contributed by atoms with E-state index in [9.17, 15) is 13.0 Å². The maximum absolute atomic E-state index is 10.5. The molecule has 0 saturated carbocycles. The molecule has 1 N–H and O–H groups in total. The third-order valence-electron chi connectivity index (χ3n) is 2.48. The van der Waals surface area contributed by atoms with Crippen LogP contribution in [0, 0.1) is 11.3 Å². The van der Waals surface area contributed by atoms with Crippen LogP contribution in [0.15, 0.2) is 48.5 Å². The van der Waals surface area contributed by atoms with Gasteiger partial charge in [0.1, 0.15) is 0 Å². The number of rotatable bonds is 3. The molecule has 0 amide bonds. The second kappa shape index (κ2) is 5.10. The Bertz CT molecular complexity index is 714. The predicted molar refractivity (Wildman–Crippen MR) is 69.9 cm³/mol. The number of nitrogens with one attached hydrogen (secondary N) is 1. The van der Waals surface area contributed by atoms with Gasteiger partial charge >= 0.3 is 0 Å². The first-order valence-electron chi connectivity index (χ1n) is 5.32. The minimum atomic E-state index is -4.50. The zero-order valence-corrected chi connectivity index (χ0v) is 10.5. The number of benzene rings is 2. The second-order valence-corrected chi connectivity index (χ2v) is 4.94. The number of nitriles is 1. The van der Waals surface area contributed by atoms with Crippen LogP contribution >= 0.6 is 0 Å². The fourth-order valence-electron chi connectivity index (χ4n) is 1.61. The quantitative estimate of drug-likeness (QED) is 0.866. The summed E-state index contributed by atoms with van der Waals surface area (Å²) in [5.74, 6) is 0. The van der Waals surface area contributed by atoms with Gasteiger partial charge in [-0.1, -0.05) is 24.3 Å². The average Bonchev–Trinajstić information content (AvgIpc) is 2.38. The molecule has 0 atom stereocenters. The Hall–Kier alpha value is -2.36. The third kappa shape index (κ3) is 3.55. The Labute approximate surface area is 111 Å². The normalized spacial score (nSPS) is 10.7. The van der Waals surface area contributed by atoms with E-state index in [-0.39, 0.29) is 5.69 Å². The zero-order chi connectivity index (χ0) is 13.9. The molecular formula is C13H9N2O3S-. The van der Waals surface area contributed by atoms with Crippen molar-refractivity contribution in [2.24, 2.45) is 0 Å². The van der Waals surface area contributed by atoms with Gasteiger partial charge in [-0.25, -0.2) is 8.42 Å². The molecule has 0 aliphatic heterocycles. The van der Waals surface area contributed by atoms with Gasteiger partial charge < -0.3 is 4.55 Å². The summed E-state index contributed by atoms with van der Waals surface area (Å²) >= 11 is 0. The van der Waals surface area contributed by atoms with Crippen LogP contribution < -0.4 is 4.72 Å². The maximum atomic E-state index is 10.5. The fraction of sp³-hybridized carbons (Fsp3) is 0. The largest absolute Gasteiger partial charge is 0.731 e. The lowest BCUT2D eigenvalue weighted by molar-refractivity contribution is 0.469. The average molecular weight is 273 g/mol. The van der Waals surface area contributed by atoms with Crippen molar-refractivity contribution in [3.8, 4) is 17.2 Å². The Morgan fingerprint density at radius 1 is 0.947 bits per heavy atom. The van der Waals surface area contributed by atoms with E-state index in [1.165, 1.54) is 12.1 Å². The van der Waals surface area contributed by atoms with Gasteiger partial charge in [-0.15, -0.1) is 0 Å². The van der Waals surface area contributed by atoms with E-state index in [0.717, 1.165) is 11.1 Å². The van der Waals surface area contributed by atoms with Crippen LogP contribution in [0.5, 0.6) is 0 Å². The minimum Gasteiger partial charge on any atom is -0.731 e. The van der Waals surface area contributed by atoms with Crippen molar-refractivity contribution < 1.29 is 13.0 Å². The molecular weight excluding hydrogens is 264 g/mol. The van der Waals surface area contributed by atoms with Crippen LogP contribution in [0.2, 0.25) is 0 Å². The molecule has 6 heteroatoms. The lowest BCUT2D eigenvalue weighted by Gasteiger charge is -2.10. The van der Waals surface area contributed by atoms with E-state index in [0.29, 0.717) is 5.56 Å². The van der Waals surface area contributed by atoms with Gasteiger partial charge in [0, 0.05) is 5.69 Å². The second-order valence-electron chi connectivity index (χ2n) is 3.82. The fourth-order valence-corrected chi connectivity index (χ4v) is 2.04. The molecule has 19 heavy (non-hydrogen) atoms. The molecule has 0 saturated heterocycles. The standard InChI is InChI=1S/C13H10N2O3S/c14-9-10-1-3-11(4-2-10)12-5-7-13(8-6-12)15-19(16,17)18/h1-8,15H,(H,16,17,18)/p-1. The van der Waals surface area contributed by atoms with Gasteiger partial charge in [0.25, 0.3) is 0 Å². The topological polar surface area (TPSA) is 93.0 Å². The Morgan fingerprint density at radius 2 is 1.42 bits per heavy atom. The summed E-state index contributed by atoms with van der Waals surface area (Å²) in [6.07, 6.45) is 0. The molecule has 0 aliphatic carbocycles. The van der Waals surface area contributed by atoms with E-state index in [2.05, 4.69) is 0 Å². The molecule has 0 heterocycles. The van der Waals surface area contributed by atoms with Crippen molar-refractivity contribution >= 4 is 16.0 Å². The first-order chi connectivity index (χ1) is 8.98. The van der Waals surface area contributed by atoms with Crippen molar-refractivity contribution in [3.63, 3.8) is 0 Å². The summed E-state index contributed by atoms with van der Waals surface area (Å²) in [6, 6.07) is 15.4. The van der Waals surface area contributed by atoms with Crippen molar-refractivity contribution in [1.82, 2.24) is 0 Å². The third-order valence-corrected chi connectivity index (χ3v) is 2.96. The molecule has 0 spiro atoms. The van der Waals surface area contributed by atoms with Gasteiger partial charge in [-0.2, -0.15) is 5.26 Å². The predicted octanol–water partition coefficient (Wildman–Crippen LogP) is 2.10. The minimum absolute atomic E-state index is 0.215. The van der Waals surface area contributed by atoms with Crippen molar-refractivity contribution in [2.45, 2.75) is 0 Å². The van der Waals surface area contributed by atoms with E-state index < -0.39 is 10.3 Å². The van der Waals surface area contributed by atoms with E-state index in [1.54, 1.807) is 36.4 Å². The monoisotopic (exact) mass is 273 g/mol. The Balaban J connectivity index is 2.25. The zero-order valence-electron chi connectivity index (χ0n) is 9.70. The van der Waals surface area contributed by atoms with Crippen LogP contribution in [-0.4, -0.2) is 13.0 Å². The molecule has 0 fully saturated rings. The van der Waals surface area contributed by atoms with Crippen LogP contribution in [0.1, 0.15) is 5.56 Å². The molecule has 2 aromatic rings. The highest BCUT2D eigenvalue weighted by molar-refractivity contribution is 7.87.